The summed E-state index contributed by atoms with van der Waals surface area (Å²) in [6.45, 7) is 3.94. The minimum absolute atomic E-state index is 0.0499. The number of nitrogens with zero attached hydrogens (tertiary/aromatic N) is 2. The van der Waals surface area contributed by atoms with Gasteiger partial charge in [0.2, 0.25) is 5.12 Å². The van der Waals surface area contributed by atoms with E-state index in [1.807, 2.05) is 13.8 Å². The summed E-state index contributed by atoms with van der Waals surface area (Å²) >= 11 is 1.14. The second kappa shape index (κ2) is 3.83. The molecule has 5 heteroatoms. The normalized spacial score (nSPS) is 10.8. The Balaban J connectivity index is 3.02. The van der Waals surface area contributed by atoms with Crippen LogP contribution < -0.4 is 5.73 Å². The molecule has 0 saturated carbocycles. The highest BCUT2D eigenvalue weighted by Gasteiger charge is 2.12. The first kappa shape index (κ1) is 10.1. The van der Waals surface area contributed by atoms with Crippen LogP contribution in [0.25, 0.3) is 0 Å². The molecule has 72 valence electrons. The molecule has 0 aromatic carbocycles. The Labute approximate surface area is 81.5 Å². The van der Waals surface area contributed by atoms with Gasteiger partial charge in [-0.2, -0.15) is 5.10 Å². The second-order valence-corrected chi connectivity index (χ2v) is 3.76. The highest BCUT2D eigenvalue weighted by Crippen LogP contribution is 2.15. The lowest BCUT2D eigenvalue weighted by atomic mass is 10.4. The molecule has 1 heterocycles. The fourth-order valence-electron chi connectivity index (χ4n) is 1.03. The van der Waals surface area contributed by atoms with Crippen molar-refractivity contribution in [3.63, 3.8) is 0 Å². The molecule has 0 saturated heterocycles. The van der Waals surface area contributed by atoms with Gasteiger partial charge >= 0.3 is 0 Å². The fourth-order valence-corrected chi connectivity index (χ4v) is 1.34. The van der Waals surface area contributed by atoms with Gasteiger partial charge in [-0.15, -0.1) is 0 Å². The van der Waals surface area contributed by atoms with Crippen molar-refractivity contribution in [2.75, 3.05) is 12.0 Å². The number of carbonyl (C=O) groups excluding carboxylic acids is 1. The van der Waals surface area contributed by atoms with Crippen molar-refractivity contribution in [3.05, 3.63) is 11.8 Å². The maximum Gasteiger partial charge on any atom is 0.239 e. The number of rotatable bonds is 2. The number of hydrogen-bond donors (Lipinski definition) is 1. The third kappa shape index (κ3) is 2.03. The van der Waals surface area contributed by atoms with Crippen LogP contribution in [0.2, 0.25) is 0 Å². The second-order valence-electron chi connectivity index (χ2n) is 2.98. The molecule has 0 bridgehead atoms. The number of thioether (sulfide) groups is 1. The maximum absolute atomic E-state index is 11.2. The van der Waals surface area contributed by atoms with Gasteiger partial charge in [0.05, 0.1) is 0 Å². The minimum Gasteiger partial charge on any atom is -0.384 e. The Kier molecular flexibility index (Phi) is 2.98. The van der Waals surface area contributed by atoms with Crippen molar-refractivity contribution in [1.82, 2.24) is 9.78 Å². The zero-order chi connectivity index (χ0) is 10.0. The summed E-state index contributed by atoms with van der Waals surface area (Å²) in [5, 5.41) is 4.05. The summed E-state index contributed by atoms with van der Waals surface area (Å²) in [6.07, 6.45) is 1.73. The molecule has 0 spiro atoms. The van der Waals surface area contributed by atoms with Gasteiger partial charge in [0.25, 0.3) is 0 Å². The van der Waals surface area contributed by atoms with Gasteiger partial charge in [-0.05, 0) is 20.1 Å². The number of aromatic nitrogens is 2. The zero-order valence-corrected chi connectivity index (χ0v) is 8.76. The summed E-state index contributed by atoms with van der Waals surface area (Å²) in [5.41, 5.74) is 6.10. The van der Waals surface area contributed by atoms with E-state index in [4.69, 9.17) is 5.73 Å². The van der Waals surface area contributed by atoms with Crippen LogP contribution in [0.3, 0.4) is 0 Å². The van der Waals surface area contributed by atoms with E-state index in [2.05, 4.69) is 5.10 Å². The van der Waals surface area contributed by atoms with E-state index in [0.29, 0.717) is 11.5 Å². The van der Waals surface area contributed by atoms with Crippen molar-refractivity contribution >= 4 is 22.7 Å². The number of hydrogen-bond acceptors (Lipinski definition) is 4. The summed E-state index contributed by atoms with van der Waals surface area (Å²) in [5.74, 6) is 0.535. The molecule has 0 aliphatic heterocycles. The molecule has 1 aromatic rings. The van der Waals surface area contributed by atoms with E-state index in [0.717, 1.165) is 11.8 Å². The van der Waals surface area contributed by atoms with E-state index in [9.17, 15) is 4.79 Å². The topological polar surface area (TPSA) is 60.9 Å². The largest absolute Gasteiger partial charge is 0.384 e. The standard InChI is InChI=1S/C8H13N3OS/c1-5(2)11-7(9)4-6(10-11)8(12)13-3/h4-5H,9H2,1-3H3. The lowest BCUT2D eigenvalue weighted by Gasteiger charge is -2.06. The van der Waals surface area contributed by atoms with Crippen molar-refractivity contribution in [2.45, 2.75) is 19.9 Å². The average molecular weight is 199 g/mol. The molecular weight excluding hydrogens is 186 g/mol. The van der Waals surface area contributed by atoms with Crippen LogP contribution in [0.15, 0.2) is 6.07 Å². The van der Waals surface area contributed by atoms with E-state index in [1.165, 1.54) is 0 Å². The monoisotopic (exact) mass is 199 g/mol. The van der Waals surface area contributed by atoms with Gasteiger partial charge in [0, 0.05) is 12.1 Å². The van der Waals surface area contributed by atoms with Crippen LogP contribution in [-0.4, -0.2) is 21.2 Å². The summed E-state index contributed by atoms with van der Waals surface area (Å²) in [6, 6.07) is 1.79. The van der Waals surface area contributed by atoms with Gasteiger partial charge in [-0.25, -0.2) is 4.68 Å². The Bertz CT molecular complexity index is 319. The molecule has 0 amide bonds. The third-order valence-corrected chi connectivity index (χ3v) is 2.23. The van der Waals surface area contributed by atoms with Crippen molar-refractivity contribution in [3.8, 4) is 0 Å². The van der Waals surface area contributed by atoms with Crippen LogP contribution in [0.4, 0.5) is 5.82 Å². The molecule has 0 atom stereocenters. The number of anilines is 1. The third-order valence-electron chi connectivity index (χ3n) is 1.65. The first-order valence-corrected chi connectivity index (χ1v) is 5.22. The van der Waals surface area contributed by atoms with E-state index < -0.39 is 0 Å². The van der Waals surface area contributed by atoms with E-state index in [1.54, 1.807) is 17.0 Å². The van der Waals surface area contributed by atoms with Gasteiger partial charge in [0.1, 0.15) is 11.5 Å². The quantitative estimate of drug-likeness (QED) is 0.785. The predicted molar refractivity (Wildman–Crippen MR) is 54.9 cm³/mol. The Hall–Kier alpha value is -0.970. The molecule has 0 aliphatic carbocycles. The summed E-state index contributed by atoms with van der Waals surface area (Å²) < 4.78 is 1.64. The fraction of sp³-hybridized carbons (Fsp3) is 0.500. The van der Waals surface area contributed by atoms with Gasteiger partial charge in [-0.3, -0.25) is 4.79 Å². The van der Waals surface area contributed by atoms with Crippen molar-refractivity contribution in [2.24, 2.45) is 0 Å². The van der Waals surface area contributed by atoms with Crippen molar-refractivity contribution < 1.29 is 4.79 Å². The average Bonchev–Trinajstić information content (AvgIpc) is 2.46. The SMILES string of the molecule is CSC(=O)c1cc(N)n(C(C)C)n1. The first-order valence-electron chi connectivity index (χ1n) is 3.99. The molecule has 0 fully saturated rings. The minimum atomic E-state index is -0.0499. The molecule has 13 heavy (non-hydrogen) atoms. The molecule has 1 aromatic heterocycles. The Morgan fingerprint density at radius 1 is 1.69 bits per heavy atom. The lowest BCUT2D eigenvalue weighted by Crippen LogP contribution is -2.07. The van der Waals surface area contributed by atoms with Crippen LogP contribution in [0.5, 0.6) is 0 Å². The maximum atomic E-state index is 11.2. The predicted octanol–water partition coefficient (Wildman–Crippen LogP) is 1.55. The molecule has 0 aliphatic rings. The van der Waals surface area contributed by atoms with E-state index >= 15 is 0 Å². The summed E-state index contributed by atoms with van der Waals surface area (Å²) in [7, 11) is 0. The Morgan fingerprint density at radius 2 is 2.31 bits per heavy atom. The lowest BCUT2D eigenvalue weighted by molar-refractivity contribution is 0.108. The van der Waals surface area contributed by atoms with Gasteiger partial charge < -0.3 is 5.73 Å². The van der Waals surface area contributed by atoms with Crippen LogP contribution >= 0.6 is 11.8 Å². The molecule has 0 radical (unpaired) electrons. The summed E-state index contributed by atoms with van der Waals surface area (Å²) in [4.78, 5) is 11.2. The molecular formula is C8H13N3OS. The zero-order valence-electron chi connectivity index (χ0n) is 7.94. The van der Waals surface area contributed by atoms with Crippen LogP contribution in [0, 0.1) is 0 Å². The molecule has 4 nitrogen and oxygen atoms in total. The number of nitrogen functional groups attached to an aromatic ring is 1. The van der Waals surface area contributed by atoms with Gasteiger partial charge in [0.15, 0.2) is 0 Å². The molecule has 1 rings (SSSR count). The number of carbonyl (C=O) groups is 1. The smallest absolute Gasteiger partial charge is 0.239 e. The van der Waals surface area contributed by atoms with Crippen molar-refractivity contribution in [1.29, 1.82) is 0 Å². The van der Waals surface area contributed by atoms with Crippen LogP contribution in [0.1, 0.15) is 30.4 Å². The van der Waals surface area contributed by atoms with E-state index in [-0.39, 0.29) is 11.2 Å². The van der Waals surface area contributed by atoms with Crippen LogP contribution in [-0.2, 0) is 0 Å². The molecule has 0 unspecified atom stereocenters. The highest BCUT2D eigenvalue weighted by atomic mass is 32.2. The number of nitrogens with two attached hydrogens (primary N) is 1. The highest BCUT2D eigenvalue weighted by molar-refractivity contribution is 8.13. The van der Waals surface area contributed by atoms with Gasteiger partial charge in [-0.1, -0.05) is 11.8 Å². The molecule has 2 N–H and O–H groups in total. The Morgan fingerprint density at radius 3 is 2.69 bits per heavy atom. The first-order chi connectivity index (χ1) is 6.06.